The lowest BCUT2D eigenvalue weighted by atomic mass is 10.0. The molecule has 20 heavy (non-hydrogen) atoms. The van der Waals surface area contributed by atoms with Gasteiger partial charge in [0.15, 0.2) is 0 Å². The first-order valence-corrected chi connectivity index (χ1v) is 7.95. The van der Waals surface area contributed by atoms with Crippen LogP contribution in [-0.2, 0) is 14.3 Å². The van der Waals surface area contributed by atoms with Crippen LogP contribution in [-0.4, -0.2) is 37.9 Å². The van der Waals surface area contributed by atoms with Crippen molar-refractivity contribution in [2.45, 2.75) is 77.9 Å². The van der Waals surface area contributed by atoms with Crippen molar-refractivity contribution >= 4 is 5.97 Å². The van der Waals surface area contributed by atoms with Crippen molar-refractivity contribution in [1.82, 2.24) is 5.32 Å². The molecule has 0 aliphatic carbocycles. The fourth-order valence-electron chi connectivity index (χ4n) is 2.06. The third-order valence-corrected chi connectivity index (χ3v) is 3.52. The molecule has 0 spiro atoms. The summed E-state index contributed by atoms with van der Waals surface area (Å²) in [6.45, 7) is 9.33. The maximum Gasteiger partial charge on any atom is 0.328 e. The van der Waals surface area contributed by atoms with E-state index in [0.29, 0.717) is 6.61 Å². The van der Waals surface area contributed by atoms with Gasteiger partial charge in [0.05, 0.1) is 19.8 Å². The molecule has 0 saturated carbocycles. The summed E-state index contributed by atoms with van der Waals surface area (Å²) in [5.41, 5.74) is -0.748. The Morgan fingerprint density at radius 1 is 1.20 bits per heavy atom. The Morgan fingerprint density at radius 2 is 1.90 bits per heavy atom. The van der Waals surface area contributed by atoms with E-state index in [1.54, 1.807) is 0 Å². The molecule has 0 aliphatic heterocycles. The third kappa shape index (κ3) is 7.85. The lowest BCUT2D eigenvalue weighted by Crippen LogP contribution is -2.54. The number of nitrogens with one attached hydrogen (secondary N) is 1. The summed E-state index contributed by atoms with van der Waals surface area (Å²) in [6.07, 6.45) is 7.17. The van der Waals surface area contributed by atoms with Crippen LogP contribution in [0.5, 0.6) is 0 Å². The molecule has 2 atom stereocenters. The van der Waals surface area contributed by atoms with Gasteiger partial charge < -0.3 is 14.8 Å². The number of rotatable bonds is 12. The summed E-state index contributed by atoms with van der Waals surface area (Å²) in [4.78, 5) is 11.9. The minimum Gasteiger partial charge on any atom is -0.468 e. The summed E-state index contributed by atoms with van der Waals surface area (Å²) in [6, 6.07) is 0. The molecule has 0 saturated heterocycles. The molecule has 0 rings (SSSR count). The Hall–Kier alpha value is -0.610. The van der Waals surface area contributed by atoms with E-state index in [4.69, 9.17) is 9.47 Å². The highest BCUT2D eigenvalue weighted by atomic mass is 16.5. The first-order valence-electron chi connectivity index (χ1n) is 7.95. The standard InChI is InChI=1S/C16H33NO3/c1-6-8-9-10-11-14(3)20-13-16(4,15(18)19-5)17-12-7-2/h14,17H,6-13H2,1-5H3. The number of hydrogen-bond acceptors (Lipinski definition) is 4. The number of unbranched alkanes of at least 4 members (excludes halogenated alkanes) is 3. The molecule has 120 valence electrons. The topological polar surface area (TPSA) is 47.6 Å². The summed E-state index contributed by atoms with van der Waals surface area (Å²) >= 11 is 0. The molecular weight excluding hydrogens is 254 g/mol. The maximum absolute atomic E-state index is 11.9. The number of ether oxygens (including phenoxy) is 2. The molecule has 1 N–H and O–H groups in total. The fraction of sp³-hybridized carbons (Fsp3) is 0.938. The van der Waals surface area contributed by atoms with E-state index in [9.17, 15) is 4.79 Å². The van der Waals surface area contributed by atoms with E-state index in [0.717, 1.165) is 19.4 Å². The zero-order chi connectivity index (χ0) is 15.4. The van der Waals surface area contributed by atoms with Crippen molar-refractivity contribution < 1.29 is 14.3 Å². The Labute approximate surface area is 124 Å². The maximum atomic E-state index is 11.9. The molecule has 4 nitrogen and oxygen atoms in total. The summed E-state index contributed by atoms with van der Waals surface area (Å²) in [5, 5.41) is 3.23. The van der Waals surface area contributed by atoms with Crippen molar-refractivity contribution in [3.63, 3.8) is 0 Å². The molecule has 0 radical (unpaired) electrons. The minimum atomic E-state index is -0.748. The minimum absolute atomic E-state index is 0.180. The zero-order valence-corrected chi connectivity index (χ0v) is 14.0. The highest BCUT2D eigenvalue weighted by Gasteiger charge is 2.34. The Kier molecular flexibility index (Phi) is 10.8. The molecule has 0 fully saturated rings. The van der Waals surface area contributed by atoms with Crippen molar-refractivity contribution in [3.8, 4) is 0 Å². The summed E-state index contributed by atoms with van der Waals surface area (Å²) in [5.74, 6) is -0.260. The summed E-state index contributed by atoms with van der Waals surface area (Å²) in [7, 11) is 1.42. The van der Waals surface area contributed by atoms with Gasteiger partial charge in [-0.05, 0) is 33.2 Å². The smallest absolute Gasteiger partial charge is 0.328 e. The fourth-order valence-corrected chi connectivity index (χ4v) is 2.06. The van der Waals surface area contributed by atoms with Gasteiger partial charge in [-0.1, -0.05) is 39.5 Å². The monoisotopic (exact) mass is 287 g/mol. The van der Waals surface area contributed by atoms with Crippen molar-refractivity contribution in [2.24, 2.45) is 0 Å². The molecule has 0 heterocycles. The lowest BCUT2D eigenvalue weighted by Gasteiger charge is -2.29. The second-order valence-corrected chi connectivity index (χ2v) is 5.72. The van der Waals surface area contributed by atoms with Crippen LogP contribution >= 0.6 is 0 Å². The summed E-state index contributed by atoms with van der Waals surface area (Å²) < 4.78 is 10.7. The third-order valence-electron chi connectivity index (χ3n) is 3.52. The number of carbonyl (C=O) groups excluding carboxylic acids is 1. The van der Waals surface area contributed by atoms with E-state index in [2.05, 4.69) is 26.1 Å². The van der Waals surface area contributed by atoms with Crippen molar-refractivity contribution in [1.29, 1.82) is 0 Å². The van der Waals surface area contributed by atoms with Gasteiger partial charge in [0, 0.05) is 0 Å². The number of esters is 1. The van der Waals surface area contributed by atoms with E-state index >= 15 is 0 Å². The molecule has 0 aromatic heterocycles. The Morgan fingerprint density at radius 3 is 2.45 bits per heavy atom. The van der Waals surface area contributed by atoms with Gasteiger partial charge in [0.1, 0.15) is 5.54 Å². The van der Waals surface area contributed by atoms with Crippen LogP contribution in [0.4, 0.5) is 0 Å². The van der Waals surface area contributed by atoms with Gasteiger partial charge in [-0.25, -0.2) is 4.79 Å². The second-order valence-electron chi connectivity index (χ2n) is 5.72. The van der Waals surface area contributed by atoms with E-state index in [-0.39, 0.29) is 12.1 Å². The highest BCUT2D eigenvalue weighted by Crippen LogP contribution is 2.13. The van der Waals surface area contributed by atoms with E-state index < -0.39 is 5.54 Å². The molecule has 0 amide bonds. The second kappa shape index (κ2) is 11.1. The van der Waals surface area contributed by atoms with Crippen LogP contribution in [0.1, 0.15) is 66.2 Å². The first-order chi connectivity index (χ1) is 9.50. The predicted octanol–water partition coefficient (Wildman–Crippen LogP) is 3.29. The number of methoxy groups -OCH3 is 1. The molecule has 0 aliphatic rings. The van der Waals surface area contributed by atoms with Gasteiger partial charge >= 0.3 is 5.97 Å². The quantitative estimate of drug-likeness (QED) is 0.442. The lowest BCUT2D eigenvalue weighted by molar-refractivity contribution is -0.151. The van der Waals surface area contributed by atoms with Gasteiger partial charge in [-0.15, -0.1) is 0 Å². The van der Waals surface area contributed by atoms with Crippen LogP contribution in [0, 0.1) is 0 Å². The van der Waals surface area contributed by atoms with Gasteiger partial charge in [0.25, 0.3) is 0 Å². The SMILES string of the molecule is CCCCCCC(C)OCC(C)(NCCC)C(=O)OC. The highest BCUT2D eigenvalue weighted by molar-refractivity contribution is 5.80. The largest absolute Gasteiger partial charge is 0.468 e. The molecule has 0 bridgehead atoms. The molecular formula is C16H33NO3. The van der Waals surface area contributed by atoms with Crippen LogP contribution in [0.3, 0.4) is 0 Å². The van der Waals surface area contributed by atoms with Gasteiger partial charge in [0.2, 0.25) is 0 Å². The van der Waals surface area contributed by atoms with Crippen LogP contribution in [0.25, 0.3) is 0 Å². The molecule has 4 heteroatoms. The van der Waals surface area contributed by atoms with Crippen LogP contribution in [0.2, 0.25) is 0 Å². The first kappa shape index (κ1) is 19.4. The van der Waals surface area contributed by atoms with Crippen LogP contribution < -0.4 is 5.32 Å². The van der Waals surface area contributed by atoms with Crippen molar-refractivity contribution in [2.75, 3.05) is 20.3 Å². The van der Waals surface area contributed by atoms with Gasteiger partial charge in [-0.2, -0.15) is 0 Å². The van der Waals surface area contributed by atoms with Crippen LogP contribution in [0.15, 0.2) is 0 Å². The van der Waals surface area contributed by atoms with Gasteiger partial charge in [-0.3, -0.25) is 0 Å². The molecule has 2 unspecified atom stereocenters. The Balaban J connectivity index is 4.14. The van der Waals surface area contributed by atoms with Crippen molar-refractivity contribution in [3.05, 3.63) is 0 Å². The Bertz CT molecular complexity index is 258. The predicted molar refractivity (Wildman–Crippen MR) is 82.9 cm³/mol. The molecule has 0 aromatic rings. The number of carbonyl (C=O) groups is 1. The van der Waals surface area contributed by atoms with E-state index in [1.165, 1.54) is 32.8 Å². The normalized spacial score (nSPS) is 15.7. The molecule has 0 aromatic carbocycles. The average Bonchev–Trinajstić information content (AvgIpc) is 2.46. The zero-order valence-electron chi connectivity index (χ0n) is 14.0. The number of hydrogen-bond donors (Lipinski definition) is 1. The average molecular weight is 287 g/mol. The van der Waals surface area contributed by atoms with E-state index in [1.807, 2.05) is 6.92 Å².